The number of ether oxygens (including phenoxy) is 1. The number of nitrogens with zero attached hydrogens (tertiary/aromatic N) is 1. The molecule has 0 N–H and O–H groups in total. The lowest BCUT2D eigenvalue weighted by Gasteiger charge is -2.25. The standard InChI is InChI=1S/C11H17NO4/c1-7-5-8(6-13)12(9(7)14)10(15)16-11(2,3)4/h6-8H,5H2,1-4H3/t7-,8-/m0/s1. The van der Waals surface area contributed by atoms with Gasteiger partial charge >= 0.3 is 6.09 Å². The number of rotatable bonds is 1. The van der Waals surface area contributed by atoms with Crippen LogP contribution in [0.5, 0.6) is 0 Å². The Labute approximate surface area is 94.7 Å². The normalized spacial score (nSPS) is 25.8. The molecule has 0 spiro atoms. The molecule has 16 heavy (non-hydrogen) atoms. The molecule has 1 aliphatic heterocycles. The van der Waals surface area contributed by atoms with Gasteiger partial charge in [-0.15, -0.1) is 0 Å². The van der Waals surface area contributed by atoms with Crippen molar-refractivity contribution in [3.8, 4) is 0 Å². The van der Waals surface area contributed by atoms with Crippen molar-refractivity contribution in [1.29, 1.82) is 0 Å². The van der Waals surface area contributed by atoms with Gasteiger partial charge in [-0.05, 0) is 27.2 Å². The molecular weight excluding hydrogens is 210 g/mol. The third kappa shape index (κ3) is 2.59. The van der Waals surface area contributed by atoms with E-state index >= 15 is 0 Å². The van der Waals surface area contributed by atoms with Gasteiger partial charge in [-0.2, -0.15) is 0 Å². The van der Waals surface area contributed by atoms with Crippen LogP contribution in [0.15, 0.2) is 0 Å². The highest BCUT2D eigenvalue weighted by Crippen LogP contribution is 2.25. The molecule has 90 valence electrons. The van der Waals surface area contributed by atoms with Gasteiger partial charge in [0.2, 0.25) is 5.91 Å². The molecule has 1 heterocycles. The second-order valence-corrected chi connectivity index (χ2v) is 5.03. The van der Waals surface area contributed by atoms with E-state index in [2.05, 4.69) is 0 Å². The molecule has 0 saturated carbocycles. The number of carbonyl (C=O) groups is 3. The molecule has 2 amide bonds. The Morgan fingerprint density at radius 2 is 2.06 bits per heavy atom. The van der Waals surface area contributed by atoms with Gasteiger partial charge in [0.05, 0.1) is 6.04 Å². The number of imide groups is 1. The summed E-state index contributed by atoms with van der Waals surface area (Å²) in [5, 5.41) is 0. The Morgan fingerprint density at radius 1 is 1.50 bits per heavy atom. The number of amides is 2. The molecule has 0 unspecified atom stereocenters. The molecule has 5 nitrogen and oxygen atoms in total. The van der Waals surface area contributed by atoms with Crippen LogP contribution in [0.4, 0.5) is 4.79 Å². The summed E-state index contributed by atoms with van der Waals surface area (Å²) in [5.74, 6) is -0.644. The van der Waals surface area contributed by atoms with Gasteiger partial charge in [-0.25, -0.2) is 9.69 Å². The van der Waals surface area contributed by atoms with Gasteiger partial charge in [0, 0.05) is 5.92 Å². The summed E-state index contributed by atoms with van der Waals surface area (Å²) in [6.45, 7) is 6.84. The van der Waals surface area contributed by atoms with Gasteiger partial charge in [-0.3, -0.25) is 4.79 Å². The zero-order valence-corrected chi connectivity index (χ0v) is 10.0. The zero-order chi connectivity index (χ0) is 12.5. The molecule has 0 aromatic heterocycles. The molecule has 0 aliphatic carbocycles. The number of hydrogen-bond acceptors (Lipinski definition) is 4. The smallest absolute Gasteiger partial charge is 0.417 e. The average Bonchev–Trinajstić information content (AvgIpc) is 2.40. The van der Waals surface area contributed by atoms with E-state index < -0.39 is 17.7 Å². The quantitative estimate of drug-likeness (QED) is 0.634. The van der Waals surface area contributed by atoms with Gasteiger partial charge in [0.25, 0.3) is 0 Å². The maximum atomic E-state index is 11.7. The van der Waals surface area contributed by atoms with Crippen LogP contribution >= 0.6 is 0 Å². The van der Waals surface area contributed by atoms with E-state index in [0.29, 0.717) is 12.7 Å². The van der Waals surface area contributed by atoms with Crippen molar-refractivity contribution < 1.29 is 19.1 Å². The van der Waals surface area contributed by atoms with Crippen LogP contribution in [0.25, 0.3) is 0 Å². The molecule has 1 aliphatic rings. The molecule has 0 aromatic rings. The van der Waals surface area contributed by atoms with Crippen LogP contribution in [0.1, 0.15) is 34.1 Å². The van der Waals surface area contributed by atoms with E-state index in [4.69, 9.17) is 4.74 Å². The number of carbonyl (C=O) groups excluding carboxylic acids is 3. The van der Waals surface area contributed by atoms with Crippen molar-refractivity contribution in [2.45, 2.75) is 45.8 Å². The lowest BCUT2D eigenvalue weighted by atomic mass is 10.1. The second-order valence-electron chi connectivity index (χ2n) is 5.03. The molecule has 2 atom stereocenters. The van der Waals surface area contributed by atoms with Crippen molar-refractivity contribution >= 4 is 18.3 Å². The van der Waals surface area contributed by atoms with Crippen LogP contribution in [0.3, 0.4) is 0 Å². The first-order chi connectivity index (χ1) is 7.26. The van der Waals surface area contributed by atoms with Crippen LogP contribution < -0.4 is 0 Å². The van der Waals surface area contributed by atoms with Crippen LogP contribution in [-0.4, -0.2) is 34.8 Å². The molecule has 1 fully saturated rings. The minimum atomic E-state index is -0.737. The fraction of sp³-hybridized carbons (Fsp3) is 0.727. The molecule has 1 saturated heterocycles. The third-order valence-electron chi connectivity index (χ3n) is 2.33. The van der Waals surface area contributed by atoms with Crippen molar-refractivity contribution in [2.75, 3.05) is 0 Å². The van der Waals surface area contributed by atoms with E-state index in [9.17, 15) is 14.4 Å². The van der Waals surface area contributed by atoms with E-state index in [1.165, 1.54) is 0 Å². The fourth-order valence-corrected chi connectivity index (χ4v) is 1.62. The minimum Gasteiger partial charge on any atom is -0.443 e. The van der Waals surface area contributed by atoms with Gasteiger partial charge in [-0.1, -0.05) is 6.92 Å². The van der Waals surface area contributed by atoms with Crippen molar-refractivity contribution in [3.05, 3.63) is 0 Å². The number of hydrogen-bond donors (Lipinski definition) is 0. The summed E-state index contributed by atoms with van der Waals surface area (Å²) in [5.41, 5.74) is -0.670. The summed E-state index contributed by atoms with van der Waals surface area (Å²) >= 11 is 0. The SMILES string of the molecule is C[C@H]1C[C@@H](C=O)N(C(=O)OC(C)(C)C)C1=O. The maximum Gasteiger partial charge on any atom is 0.417 e. The average molecular weight is 227 g/mol. The molecular formula is C11H17NO4. The molecule has 0 aromatic carbocycles. The monoisotopic (exact) mass is 227 g/mol. The minimum absolute atomic E-state index is 0.303. The van der Waals surface area contributed by atoms with E-state index in [0.717, 1.165) is 4.90 Å². The molecule has 5 heteroatoms. The van der Waals surface area contributed by atoms with E-state index in [1.54, 1.807) is 27.7 Å². The summed E-state index contributed by atoms with van der Waals surface area (Å²) in [7, 11) is 0. The molecule has 0 bridgehead atoms. The highest BCUT2D eigenvalue weighted by molar-refractivity contribution is 5.98. The summed E-state index contributed by atoms with van der Waals surface area (Å²) in [6.07, 6.45) is 0.256. The van der Waals surface area contributed by atoms with Crippen LogP contribution in [0.2, 0.25) is 0 Å². The number of likely N-dealkylation sites (tertiary alicyclic amines) is 1. The first kappa shape index (κ1) is 12.7. The lowest BCUT2D eigenvalue weighted by molar-refractivity contribution is -0.132. The Kier molecular flexibility index (Phi) is 3.35. The maximum absolute atomic E-state index is 11.7. The summed E-state index contributed by atoms with van der Waals surface area (Å²) in [4.78, 5) is 35.1. The Balaban J connectivity index is 2.81. The first-order valence-corrected chi connectivity index (χ1v) is 5.27. The Hall–Kier alpha value is -1.39. The van der Waals surface area contributed by atoms with Gasteiger partial charge in [0.15, 0.2) is 0 Å². The molecule has 1 rings (SSSR count). The highest BCUT2D eigenvalue weighted by Gasteiger charge is 2.42. The predicted molar refractivity (Wildman–Crippen MR) is 56.7 cm³/mol. The predicted octanol–water partition coefficient (Wildman–Crippen LogP) is 1.36. The summed E-state index contributed by atoms with van der Waals surface area (Å²) < 4.78 is 5.08. The van der Waals surface area contributed by atoms with Gasteiger partial charge < -0.3 is 9.53 Å². The Morgan fingerprint density at radius 3 is 2.50 bits per heavy atom. The second kappa shape index (κ2) is 4.23. The fourth-order valence-electron chi connectivity index (χ4n) is 1.62. The van der Waals surface area contributed by atoms with E-state index in [-0.39, 0.29) is 11.8 Å². The number of aldehydes is 1. The van der Waals surface area contributed by atoms with E-state index in [1.807, 2.05) is 0 Å². The third-order valence-corrected chi connectivity index (χ3v) is 2.33. The van der Waals surface area contributed by atoms with Gasteiger partial charge in [0.1, 0.15) is 11.9 Å². The largest absolute Gasteiger partial charge is 0.443 e. The molecule has 0 radical (unpaired) electrons. The van der Waals surface area contributed by atoms with Crippen LogP contribution in [-0.2, 0) is 14.3 Å². The van der Waals surface area contributed by atoms with Crippen molar-refractivity contribution in [2.24, 2.45) is 5.92 Å². The highest BCUT2D eigenvalue weighted by atomic mass is 16.6. The summed E-state index contributed by atoms with van der Waals surface area (Å²) in [6, 6.07) is -0.683. The van der Waals surface area contributed by atoms with Crippen molar-refractivity contribution in [3.63, 3.8) is 0 Å². The topological polar surface area (TPSA) is 63.7 Å². The Bertz CT molecular complexity index is 318. The zero-order valence-electron chi connectivity index (χ0n) is 10.0. The van der Waals surface area contributed by atoms with Crippen molar-refractivity contribution in [1.82, 2.24) is 4.90 Å². The first-order valence-electron chi connectivity index (χ1n) is 5.27. The lowest BCUT2D eigenvalue weighted by Crippen LogP contribution is -2.43. The van der Waals surface area contributed by atoms with Crippen LogP contribution in [0, 0.1) is 5.92 Å².